The molecule has 4 heteroatoms. The lowest BCUT2D eigenvalue weighted by atomic mass is 9.99. The van der Waals surface area contributed by atoms with Gasteiger partial charge in [-0.25, -0.2) is 0 Å². The van der Waals surface area contributed by atoms with Crippen LogP contribution in [0.15, 0.2) is 58.6 Å². The van der Waals surface area contributed by atoms with Gasteiger partial charge in [0.1, 0.15) is 11.6 Å². The number of hydrogen-bond donors (Lipinski definition) is 1. The number of halogens is 1. The number of aromatic nitrogens is 1. The van der Waals surface area contributed by atoms with E-state index in [2.05, 4.69) is 20.9 Å². The third kappa shape index (κ3) is 2.96. The highest BCUT2D eigenvalue weighted by molar-refractivity contribution is 9.10. The van der Waals surface area contributed by atoms with Gasteiger partial charge in [0.25, 0.3) is 0 Å². The molecule has 0 saturated heterocycles. The lowest BCUT2D eigenvalue weighted by Gasteiger charge is -2.01. The summed E-state index contributed by atoms with van der Waals surface area (Å²) >= 11 is 3.39. The largest absolute Gasteiger partial charge is 0.358 e. The Morgan fingerprint density at radius 2 is 2.00 bits per heavy atom. The third-order valence-corrected chi connectivity index (χ3v) is 4.14. The Bertz CT molecular complexity index is 976. The molecule has 112 valence electrons. The standard InChI is InChI=1S/C19H13BrN2O/c1-12-18(16-7-2-3-8-17(16)22-12)19(23)14(11-21)9-13-5-4-6-15(20)10-13/h2-10,22H,1H3/b14-9+. The Morgan fingerprint density at radius 1 is 1.22 bits per heavy atom. The Kier molecular flexibility index (Phi) is 4.14. The van der Waals surface area contributed by atoms with E-state index in [0.29, 0.717) is 5.56 Å². The molecule has 0 fully saturated rings. The fourth-order valence-electron chi connectivity index (χ4n) is 2.62. The van der Waals surface area contributed by atoms with E-state index in [-0.39, 0.29) is 11.4 Å². The second-order valence-corrected chi connectivity index (χ2v) is 6.14. The zero-order valence-electron chi connectivity index (χ0n) is 12.4. The van der Waals surface area contributed by atoms with Gasteiger partial charge in [-0.15, -0.1) is 0 Å². The number of rotatable bonds is 3. The Hall–Kier alpha value is -2.64. The summed E-state index contributed by atoms with van der Waals surface area (Å²) in [6.07, 6.45) is 1.62. The van der Waals surface area contributed by atoms with Crippen molar-refractivity contribution in [1.82, 2.24) is 4.98 Å². The number of H-pyrrole nitrogens is 1. The van der Waals surface area contributed by atoms with Crippen LogP contribution < -0.4 is 0 Å². The topological polar surface area (TPSA) is 56.6 Å². The van der Waals surface area contributed by atoms with Crippen molar-refractivity contribution in [2.75, 3.05) is 0 Å². The molecule has 3 nitrogen and oxygen atoms in total. The number of aromatic amines is 1. The number of carbonyl (C=O) groups excluding carboxylic acids is 1. The minimum absolute atomic E-state index is 0.121. The fraction of sp³-hybridized carbons (Fsp3) is 0.0526. The van der Waals surface area contributed by atoms with Crippen LogP contribution >= 0.6 is 15.9 Å². The number of carbonyl (C=O) groups is 1. The van der Waals surface area contributed by atoms with Gasteiger partial charge in [-0.3, -0.25) is 4.79 Å². The van der Waals surface area contributed by atoms with Crippen LogP contribution in [0, 0.1) is 18.3 Å². The summed E-state index contributed by atoms with van der Waals surface area (Å²) in [5, 5.41) is 10.3. The number of nitrogens with one attached hydrogen (secondary N) is 1. The molecule has 1 aromatic heterocycles. The first-order chi connectivity index (χ1) is 11.1. The summed E-state index contributed by atoms with van der Waals surface area (Å²) in [6.45, 7) is 1.85. The molecule has 23 heavy (non-hydrogen) atoms. The van der Waals surface area contributed by atoms with Crippen molar-refractivity contribution in [3.8, 4) is 6.07 Å². The van der Waals surface area contributed by atoms with Crippen molar-refractivity contribution in [2.45, 2.75) is 6.92 Å². The molecular weight excluding hydrogens is 352 g/mol. The molecule has 0 bridgehead atoms. The first-order valence-corrected chi connectivity index (χ1v) is 7.89. The highest BCUT2D eigenvalue weighted by atomic mass is 79.9. The van der Waals surface area contributed by atoms with Gasteiger partial charge in [0.05, 0.1) is 5.56 Å². The van der Waals surface area contributed by atoms with Crippen LogP contribution in [-0.2, 0) is 0 Å². The molecule has 0 amide bonds. The molecule has 0 saturated carbocycles. The second kappa shape index (κ2) is 6.23. The summed E-state index contributed by atoms with van der Waals surface area (Å²) in [7, 11) is 0. The number of hydrogen-bond acceptors (Lipinski definition) is 2. The van der Waals surface area contributed by atoms with Crippen LogP contribution in [-0.4, -0.2) is 10.8 Å². The predicted molar refractivity (Wildman–Crippen MR) is 95.1 cm³/mol. The van der Waals surface area contributed by atoms with Crippen molar-refractivity contribution >= 4 is 38.7 Å². The zero-order chi connectivity index (χ0) is 16.4. The van der Waals surface area contributed by atoms with E-state index < -0.39 is 0 Å². The van der Waals surface area contributed by atoms with Gasteiger partial charge >= 0.3 is 0 Å². The van der Waals surface area contributed by atoms with Gasteiger partial charge in [-0.1, -0.05) is 46.3 Å². The number of nitrogens with zero attached hydrogens (tertiary/aromatic N) is 1. The predicted octanol–water partition coefficient (Wildman–Crippen LogP) is 5.03. The number of fused-ring (bicyclic) bond motifs is 1. The number of aryl methyl sites for hydroxylation is 1. The van der Waals surface area contributed by atoms with Gasteiger partial charge in [0.2, 0.25) is 5.78 Å². The van der Waals surface area contributed by atoms with Crippen LogP contribution in [0.3, 0.4) is 0 Å². The number of nitriles is 1. The molecule has 3 aromatic rings. The molecule has 3 rings (SSSR count). The smallest absolute Gasteiger partial charge is 0.205 e. The maximum atomic E-state index is 12.8. The van der Waals surface area contributed by atoms with E-state index in [9.17, 15) is 10.1 Å². The minimum Gasteiger partial charge on any atom is -0.358 e. The molecular formula is C19H13BrN2O. The monoisotopic (exact) mass is 364 g/mol. The van der Waals surface area contributed by atoms with Gasteiger partial charge in [-0.2, -0.15) is 5.26 Å². The summed E-state index contributed by atoms with van der Waals surface area (Å²) in [5.41, 5.74) is 3.15. The summed E-state index contributed by atoms with van der Waals surface area (Å²) < 4.78 is 0.902. The van der Waals surface area contributed by atoms with E-state index in [1.807, 2.05) is 61.5 Å². The minimum atomic E-state index is -0.262. The van der Waals surface area contributed by atoms with Crippen LogP contribution in [0.5, 0.6) is 0 Å². The Balaban J connectivity index is 2.10. The maximum Gasteiger partial charge on any atom is 0.205 e. The molecule has 0 unspecified atom stereocenters. The van der Waals surface area contributed by atoms with Gasteiger partial charge in [0.15, 0.2) is 0 Å². The summed E-state index contributed by atoms with van der Waals surface area (Å²) in [6, 6.07) is 17.1. The fourth-order valence-corrected chi connectivity index (χ4v) is 3.03. The van der Waals surface area contributed by atoms with E-state index in [1.54, 1.807) is 6.08 Å². The molecule has 2 aromatic carbocycles. The van der Waals surface area contributed by atoms with Crippen molar-refractivity contribution in [1.29, 1.82) is 5.26 Å². The normalized spacial score (nSPS) is 11.4. The molecule has 0 aliphatic heterocycles. The molecule has 0 radical (unpaired) electrons. The first kappa shape index (κ1) is 15.3. The van der Waals surface area contributed by atoms with Gasteiger partial charge in [-0.05, 0) is 36.8 Å². The SMILES string of the molecule is Cc1[nH]c2ccccc2c1C(=O)/C(C#N)=C/c1cccc(Br)c1. The number of para-hydroxylation sites is 1. The second-order valence-electron chi connectivity index (χ2n) is 5.22. The number of allylic oxidation sites excluding steroid dienone is 1. The Morgan fingerprint density at radius 3 is 2.74 bits per heavy atom. The lowest BCUT2D eigenvalue weighted by Crippen LogP contribution is -2.03. The van der Waals surface area contributed by atoms with Gasteiger partial charge < -0.3 is 4.98 Å². The highest BCUT2D eigenvalue weighted by Gasteiger charge is 2.19. The molecule has 1 N–H and O–H groups in total. The maximum absolute atomic E-state index is 12.8. The Labute approximate surface area is 142 Å². The van der Waals surface area contributed by atoms with Crippen LogP contribution in [0.25, 0.3) is 17.0 Å². The van der Waals surface area contributed by atoms with Crippen molar-refractivity contribution < 1.29 is 4.79 Å². The lowest BCUT2D eigenvalue weighted by molar-refractivity contribution is 0.104. The van der Waals surface area contributed by atoms with Crippen molar-refractivity contribution in [3.05, 3.63) is 75.4 Å². The van der Waals surface area contributed by atoms with Gasteiger partial charge in [0, 0.05) is 21.1 Å². The van der Waals surface area contributed by atoms with Crippen molar-refractivity contribution in [2.24, 2.45) is 0 Å². The molecule has 0 aliphatic carbocycles. The van der Waals surface area contributed by atoms with Crippen LogP contribution in [0.1, 0.15) is 21.6 Å². The average Bonchev–Trinajstić information content (AvgIpc) is 2.87. The average molecular weight is 365 g/mol. The molecule has 0 aliphatic rings. The van der Waals surface area contributed by atoms with Crippen LogP contribution in [0.2, 0.25) is 0 Å². The number of ketones is 1. The quantitative estimate of drug-likeness (QED) is 0.402. The van der Waals surface area contributed by atoms with Crippen LogP contribution in [0.4, 0.5) is 0 Å². The van der Waals surface area contributed by atoms with E-state index >= 15 is 0 Å². The molecule has 0 spiro atoms. The zero-order valence-corrected chi connectivity index (χ0v) is 14.0. The molecule has 0 atom stereocenters. The van der Waals surface area contributed by atoms with E-state index in [4.69, 9.17) is 0 Å². The molecule has 1 heterocycles. The summed E-state index contributed by atoms with van der Waals surface area (Å²) in [5.74, 6) is -0.262. The first-order valence-electron chi connectivity index (χ1n) is 7.09. The van der Waals surface area contributed by atoms with Crippen molar-refractivity contribution in [3.63, 3.8) is 0 Å². The summed E-state index contributed by atoms with van der Waals surface area (Å²) in [4.78, 5) is 16.0. The third-order valence-electron chi connectivity index (χ3n) is 3.65. The van der Waals surface area contributed by atoms with E-state index in [1.165, 1.54) is 0 Å². The highest BCUT2D eigenvalue weighted by Crippen LogP contribution is 2.25. The van der Waals surface area contributed by atoms with E-state index in [0.717, 1.165) is 26.6 Å². The number of benzene rings is 2. The number of Topliss-reactive ketones (excluding diaryl/α,β-unsaturated/α-hetero) is 1.